The molecule has 82 valence electrons. The topological polar surface area (TPSA) is 46.6 Å². The van der Waals surface area contributed by atoms with Gasteiger partial charge in [0, 0.05) is 24.6 Å². The molecule has 0 aromatic heterocycles. The summed E-state index contributed by atoms with van der Waals surface area (Å²) in [6.45, 7) is 3.90. The maximum Gasteiger partial charge on any atom is 0.272 e. The molecule has 2 rings (SSSR count). The van der Waals surface area contributed by atoms with Gasteiger partial charge in [0.1, 0.15) is 5.69 Å². The highest BCUT2D eigenvalue weighted by atomic mass is 32.2. The van der Waals surface area contributed by atoms with E-state index in [-0.39, 0.29) is 11.2 Å². The summed E-state index contributed by atoms with van der Waals surface area (Å²) in [5.74, 6) is 2.28. The minimum atomic E-state index is -0.468. The molecule has 1 saturated heterocycles. The fourth-order valence-electron chi connectivity index (χ4n) is 1.71. The molecule has 0 unspecified atom stereocenters. The van der Waals surface area contributed by atoms with Crippen molar-refractivity contribution in [3.63, 3.8) is 0 Å². The summed E-state index contributed by atoms with van der Waals surface area (Å²) in [5, 5.41) is 0. The third kappa shape index (κ3) is 1.76. The maximum absolute atomic E-state index is 11.4. The number of hydrogen-bond donors (Lipinski definition) is 0. The number of rotatable bonds is 3. The molecule has 0 N–H and O–H groups in total. The lowest BCUT2D eigenvalue weighted by molar-refractivity contribution is 0.333. The molecule has 1 aliphatic heterocycles. The minimum Gasteiger partial charge on any atom is -0.488 e. The Hall–Kier alpha value is -0.970. The van der Waals surface area contributed by atoms with Crippen LogP contribution in [-0.4, -0.2) is 31.2 Å². The molecule has 0 bridgehead atoms. The van der Waals surface area contributed by atoms with Crippen LogP contribution < -0.4 is 20.5 Å². The van der Waals surface area contributed by atoms with Crippen LogP contribution in [0, 0.1) is 0 Å². The van der Waals surface area contributed by atoms with Gasteiger partial charge < -0.3 is 9.64 Å². The Labute approximate surface area is 91.9 Å². The van der Waals surface area contributed by atoms with Crippen LogP contribution in [0.15, 0.2) is 9.59 Å². The Morgan fingerprint density at radius 1 is 1.27 bits per heavy atom. The molecule has 5 heteroatoms. The average Bonchev–Trinajstić information content (AvgIpc) is 2.29. The summed E-state index contributed by atoms with van der Waals surface area (Å²) < 4.78 is 5.19. The second kappa shape index (κ2) is 4.26. The van der Waals surface area contributed by atoms with Crippen molar-refractivity contribution in [2.75, 3.05) is 36.1 Å². The first kappa shape index (κ1) is 10.5. The third-order valence-corrected chi connectivity index (χ3v) is 3.40. The molecular weight excluding hydrogens is 214 g/mol. The molecule has 1 aromatic carbocycles. The lowest BCUT2D eigenvalue weighted by atomic mass is 10.2. The molecule has 15 heavy (non-hydrogen) atoms. The first-order valence-electron chi connectivity index (χ1n) is 5.04. The smallest absolute Gasteiger partial charge is 0.272 e. The van der Waals surface area contributed by atoms with Gasteiger partial charge in [0.25, 0.3) is 10.9 Å². The van der Waals surface area contributed by atoms with Crippen LogP contribution in [0.25, 0.3) is 0 Å². The van der Waals surface area contributed by atoms with E-state index in [0.717, 1.165) is 24.6 Å². The highest BCUT2D eigenvalue weighted by molar-refractivity contribution is 7.99. The zero-order chi connectivity index (χ0) is 10.8. The number of thioether (sulfide) groups is 1. The van der Waals surface area contributed by atoms with Crippen molar-refractivity contribution in [2.45, 2.75) is 6.92 Å². The molecule has 0 aliphatic carbocycles. The quantitative estimate of drug-likeness (QED) is 0.692. The van der Waals surface area contributed by atoms with Gasteiger partial charge in [-0.2, -0.15) is 11.8 Å². The fraction of sp³-hybridized carbons (Fsp3) is 0.600. The van der Waals surface area contributed by atoms with E-state index < -0.39 is 5.43 Å². The largest absolute Gasteiger partial charge is 0.488 e. The van der Waals surface area contributed by atoms with E-state index in [1.54, 1.807) is 0 Å². The van der Waals surface area contributed by atoms with Gasteiger partial charge in [0.05, 0.1) is 6.61 Å². The molecule has 1 aromatic rings. The van der Waals surface area contributed by atoms with E-state index in [0.29, 0.717) is 12.3 Å². The SMILES string of the molecule is CCOc1c(N2CCSCC2)c(=O)c1=O. The van der Waals surface area contributed by atoms with Crippen LogP contribution >= 0.6 is 11.8 Å². The average molecular weight is 227 g/mol. The molecular formula is C10H13NO3S. The number of nitrogens with zero attached hydrogens (tertiary/aromatic N) is 1. The van der Waals surface area contributed by atoms with Crippen molar-refractivity contribution in [3.05, 3.63) is 20.4 Å². The molecule has 1 fully saturated rings. The van der Waals surface area contributed by atoms with Crippen LogP contribution in [0.3, 0.4) is 0 Å². The van der Waals surface area contributed by atoms with Gasteiger partial charge >= 0.3 is 0 Å². The second-order valence-electron chi connectivity index (χ2n) is 3.37. The summed E-state index contributed by atoms with van der Waals surface area (Å²) in [7, 11) is 0. The molecule has 0 amide bonds. The van der Waals surface area contributed by atoms with Gasteiger partial charge in [-0.15, -0.1) is 0 Å². The van der Waals surface area contributed by atoms with Crippen LogP contribution in [-0.2, 0) is 0 Å². The molecule has 0 atom stereocenters. The highest BCUT2D eigenvalue weighted by Gasteiger charge is 2.28. The molecule has 1 heterocycles. The Balaban J connectivity index is 2.23. The predicted octanol–water partition coefficient (Wildman–Crippen LogP) is 0.235. The van der Waals surface area contributed by atoms with Crippen LogP contribution in [0.1, 0.15) is 6.92 Å². The summed E-state index contributed by atoms with van der Waals surface area (Å²) in [4.78, 5) is 24.6. The van der Waals surface area contributed by atoms with Gasteiger partial charge in [-0.1, -0.05) is 0 Å². The number of anilines is 1. The summed E-state index contributed by atoms with van der Waals surface area (Å²) in [6, 6.07) is 0. The van der Waals surface area contributed by atoms with Crippen LogP contribution in [0.2, 0.25) is 0 Å². The molecule has 0 spiro atoms. The van der Waals surface area contributed by atoms with Crippen LogP contribution in [0.5, 0.6) is 5.75 Å². The molecule has 1 aliphatic rings. The monoisotopic (exact) mass is 227 g/mol. The van der Waals surface area contributed by atoms with Gasteiger partial charge in [0.2, 0.25) is 0 Å². The number of ether oxygens (including phenoxy) is 1. The first-order valence-corrected chi connectivity index (χ1v) is 6.20. The predicted molar refractivity (Wildman–Crippen MR) is 62.1 cm³/mol. The van der Waals surface area contributed by atoms with E-state index in [1.165, 1.54) is 0 Å². The zero-order valence-electron chi connectivity index (χ0n) is 8.62. The van der Waals surface area contributed by atoms with Gasteiger partial charge in [0.15, 0.2) is 5.75 Å². The standard InChI is InChI=1S/C10H13NO3S/c1-2-14-10-7(8(12)9(10)13)11-3-5-15-6-4-11/h2-6H2,1H3. The van der Waals surface area contributed by atoms with E-state index in [1.807, 2.05) is 23.6 Å². The second-order valence-corrected chi connectivity index (χ2v) is 4.59. The van der Waals surface area contributed by atoms with E-state index in [9.17, 15) is 9.59 Å². The van der Waals surface area contributed by atoms with Crippen LogP contribution in [0.4, 0.5) is 5.69 Å². The summed E-state index contributed by atoms with van der Waals surface area (Å²) >= 11 is 1.87. The Morgan fingerprint density at radius 2 is 1.93 bits per heavy atom. The zero-order valence-corrected chi connectivity index (χ0v) is 9.43. The summed E-state index contributed by atoms with van der Waals surface area (Å²) in [6.07, 6.45) is 0. The van der Waals surface area contributed by atoms with Crippen molar-refractivity contribution >= 4 is 17.4 Å². The van der Waals surface area contributed by atoms with Gasteiger partial charge in [-0.25, -0.2) is 0 Å². The lowest BCUT2D eigenvalue weighted by Gasteiger charge is -2.29. The van der Waals surface area contributed by atoms with E-state index in [4.69, 9.17) is 4.74 Å². The first-order chi connectivity index (χ1) is 7.25. The fourth-order valence-corrected chi connectivity index (χ4v) is 2.61. The Morgan fingerprint density at radius 3 is 2.53 bits per heavy atom. The normalized spacial score (nSPS) is 17.0. The third-order valence-electron chi connectivity index (χ3n) is 2.46. The minimum absolute atomic E-state index is 0.273. The van der Waals surface area contributed by atoms with Gasteiger partial charge in [-0.3, -0.25) is 9.59 Å². The van der Waals surface area contributed by atoms with E-state index >= 15 is 0 Å². The maximum atomic E-state index is 11.4. The molecule has 4 nitrogen and oxygen atoms in total. The van der Waals surface area contributed by atoms with Crippen molar-refractivity contribution in [1.82, 2.24) is 0 Å². The molecule has 0 saturated carbocycles. The Bertz CT molecular complexity index is 416. The summed E-state index contributed by atoms with van der Waals surface area (Å²) in [5.41, 5.74) is -0.349. The number of hydrogen-bond acceptors (Lipinski definition) is 5. The van der Waals surface area contributed by atoms with Crippen molar-refractivity contribution < 1.29 is 4.74 Å². The van der Waals surface area contributed by atoms with Gasteiger partial charge in [-0.05, 0) is 6.92 Å². The molecule has 0 radical (unpaired) electrons. The van der Waals surface area contributed by atoms with Crippen molar-refractivity contribution in [2.24, 2.45) is 0 Å². The highest BCUT2D eigenvalue weighted by Crippen LogP contribution is 2.25. The Kier molecular flexibility index (Phi) is 3.00. The van der Waals surface area contributed by atoms with Crippen molar-refractivity contribution in [1.29, 1.82) is 0 Å². The van der Waals surface area contributed by atoms with Crippen molar-refractivity contribution in [3.8, 4) is 5.75 Å². The van der Waals surface area contributed by atoms with E-state index in [2.05, 4.69) is 0 Å². The lowest BCUT2D eigenvalue weighted by Crippen LogP contribution is -2.44.